The molecule has 0 radical (unpaired) electrons. The van der Waals surface area contributed by atoms with Gasteiger partial charge in [-0.3, -0.25) is 0 Å². The van der Waals surface area contributed by atoms with Crippen molar-refractivity contribution in [1.82, 2.24) is 5.32 Å². The van der Waals surface area contributed by atoms with Gasteiger partial charge in [-0.05, 0) is 54.4 Å². The summed E-state index contributed by atoms with van der Waals surface area (Å²) in [5, 5.41) is 5.01. The quantitative estimate of drug-likeness (QED) is 0.836. The van der Waals surface area contributed by atoms with Gasteiger partial charge >= 0.3 is 0 Å². The van der Waals surface area contributed by atoms with E-state index >= 15 is 0 Å². The smallest absolute Gasteiger partial charge is 0.0579 e. The third-order valence-electron chi connectivity index (χ3n) is 3.16. The van der Waals surface area contributed by atoms with Crippen molar-refractivity contribution in [1.29, 1.82) is 0 Å². The Morgan fingerprint density at radius 1 is 1.00 bits per heavy atom. The maximum Gasteiger partial charge on any atom is 0.0579 e. The first kappa shape index (κ1) is 14.4. The van der Waals surface area contributed by atoms with Gasteiger partial charge in [-0.1, -0.05) is 48.3 Å². The van der Waals surface area contributed by atoms with Crippen LogP contribution in [-0.2, 0) is 0 Å². The molecular formula is C16H17Cl2N. The highest BCUT2D eigenvalue weighted by molar-refractivity contribution is 6.30. The van der Waals surface area contributed by atoms with Gasteiger partial charge in [0.15, 0.2) is 0 Å². The van der Waals surface area contributed by atoms with Crippen LogP contribution in [0.1, 0.15) is 29.7 Å². The summed E-state index contributed by atoms with van der Waals surface area (Å²) in [5.41, 5.74) is 3.62. The van der Waals surface area contributed by atoms with Gasteiger partial charge in [-0.15, -0.1) is 0 Å². The first-order valence-corrected chi connectivity index (χ1v) is 7.12. The summed E-state index contributed by atoms with van der Waals surface area (Å²) in [6.45, 7) is 5.09. The molecule has 0 aliphatic carbocycles. The largest absolute Gasteiger partial charge is 0.307 e. The SMILES string of the molecule is CCNC(c1ccc(Cl)cc1)c1cc(Cl)ccc1C. The van der Waals surface area contributed by atoms with Gasteiger partial charge in [0.1, 0.15) is 0 Å². The molecule has 19 heavy (non-hydrogen) atoms. The molecule has 0 bridgehead atoms. The number of nitrogens with one attached hydrogen (secondary N) is 1. The summed E-state index contributed by atoms with van der Waals surface area (Å²) in [6, 6.07) is 14.1. The molecule has 3 heteroatoms. The lowest BCUT2D eigenvalue weighted by Crippen LogP contribution is -2.22. The molecule has 0 aromatic heterocycles. The fourth-order valence-corrected chi connectivity index (χ4v) is 2.50. The fourth-order valence-electron chi connectivity index (χ4n) is 2.19. The average Bonchev–Trinajstić information content (AvgIpc) is 2.40. The zero-order valence-electron chi connectivity index (χ0n) is 11.1. The van der Waals surface area contributed by atoms with E-state index in [1.807, 2.05) is 24.3 Å². The number of aryl methyl sites for hydroxylation is 1. The highest BCUT2D eigenvalue weighted by Crippen LogP contribution is 2.28. The van der Waals surface area contributed by atoms with Crippen LogP contribution < -0.4 is 5.32 Å². The first-order chi connectivity index (χ1) is 9.11. The minimum absolute atomic E-state index is 0.140. The lowest BCUT2D eigenvalue weighted by Gasteiger charge is -2.21. The van der Waals surface area contributed by atoms with Crippen LogP contribution in [0.25, 0.3) is 0 Å². The summed E-state index contributed by atoms with van der Waals surface area (Å²) in [6.07, 6.45) is 0. The normalized spacial score (nSPS) is 12.4. The molecule has 1 N–H and O–H groups in total. The standard InChI is InChI=1S/C16H17Cl2N/c1-3-19-16(12-5-8-13(17)9-6-12)15-10-14(18)7-4-11(15)2/h4-10,16,19H,3H2,1-2H3. The third-order valence-corrected chi connectivity index (χ3v) is 3.65. The van der Waals surface area contributed by atoms with Gasteiger partial charge in [0.2, 0.25) is 0 Å². The van der Waals surface area contributed by atoms with Crippen molar-refractivity contribution in [3.05, 3.63) is 69.2 Å². The molecule has 2 aromatic carbocycles. The molecule has 2 aromatic rings. The van der Waals surface area contributed by atoms with E-state index in [1.54, 1.807) is 0 Å². The van der Waals surface area contributed by atoms with Gasteiger partial charge < -0.3 is 5.32 Å². The van der Waals surface area contributed by atoms with E-state index in [0.29, 0.717) is 0 Å². The van der Waals surface area contributed by atoms with E-state index in [0.717, 1.165) is 16.6 Å². The Kier molecular flexibility index (Phi) is 4.87. The van der Waals surface area contributed by atoms with Crippen LogP contribution in [0.15, 0.2) is 42.5 Å². The Balaban J connectivity index is 2.44. The Morgan fingerprint density at radius 2 is 1.63 bits per heavy atom. The maximum absolute atomic E-state index is 6.12. The van der Waals surface area contributed by atoms with Crippen LogP contribution in [0.5, 0.6) is 0 Å². The van der Waals surface area contributed by atoms with Crippen LogP contribution in [0.3, 0.4) is 0 Å². The molecular weight excluding hydrogens is 277 g/mol. The molecule has 0 saturated carbocycles. The summed E-state index contributed by atoms with van der Waals surface area (Å²) in [7, 11) is 0. The second-order valence-corrected chi connectivity index (χ2v) is 5.42. The number of rotatable bonds is 4. The predicted molar refractivity (Wildman–Crippen MR) is 83.2 cm³/mol. The molecule has 1 atom stereocenters. The van der Waals surface area contributed by atoms with E-state index in [2.05, 4.69) is 37.4 Å². The zero-order valence-corrected chi connectivity index (χ0v) is 12.6. The Morgan fingerprint density at radius 3 is 2.26 bits per heavy atom. The number of benzene rings is 2. The highest BCUT2D eigenvalue weighted by Gasteiger charge is 2.15. The third kappa shape index (κ3) is 3.50. The molecule has 0 amide bonds. The van der Waals surface area contributed by atoms with Crippen molar-refractivity contribution in [3.8, 4) is 0 Å². The topological polar surface area (TPSA) is 12.0 Å². The fraction of sp³-hybridized carbons (Fsp3) is 0.250. The van der Waals surface area contributed by atoms with Crippen molar-refractivity contribution >= 4 is 23.2 Å². The van der Waals surface area contributed by atoms with Crippen molar-refractivity contribution < 1.29 is 0 Å². The monoisotopic (exact) mass is 293 g/mol. The molecule has 100 valence electrons. The molecule has 0 aliphatic rings. The van der Waals surface area contributed by atoms with Crippen molar-refractivity contribution in [2.75, 3.05) is 6.54 Å². The lowest BCUT2D eigenvalue weighted by molar-refractivity contribution is 0.628. The summed E-state index contributed by atoms with van der Waals surface area (Å²) >= 11 is 12.1. The van der Waals surface area contributed by atoms with Crippen LogP contribution >= 0.6 is 23.2 Å². The van der Waals surface area contributed by atoms with Crippen LogP contribution in [0.2, 0.25) is 10.0 Å². The lowest BCUT2D eigenvalue weighted by atomic mass is 9.95. The molecule has 2 rings (SSSR count). The van der Waals surface area contributed by atoms with Crippen LogP contribution in [0.4, 0.5) is 0 Å². The van der Waals surface area contributed by atoms with E-state index in [4.69, 9.17) is 23.2 Å². The molecule has 0 fully saturated rings. The second kappa shape index (κ2) is 6.42. The van der Waals surface area contributed by atoms with Gasteiger partial charge in [-0.25, -0.2) is 0 Å². The van der Waals surface area contributed by atoms with Gasteiger partial charge in [-0.2, -0.15) is 0 Å². The molecule has 0 aliphatic heterocycles. The van der Waals surface area contributed by atoms with E-state index < -0.39 is 0 Å². The molecule has 1 unspecified atom stereocenters. The number of hydrogen-bond acceptors (Lipinski definition) is 1. The molecule has 0 spiro atoms. The minimum Gasteiger partial charge on any atom is -0.307 e. The molecule has 0 heterocycles. The summed E-state index contributed by atoms with van der Waals surface area (Å²) < 4.78 is 0. The Hall–Kier alpha value is -1.02. The van der Waals surface area contributed by atoms with Gasteiger partial charge in [0.05, 0.1) is 6.04 Å². The van der Waals surface area contributed by atoms with Crippen LogP contribution in [-0.4, -0.2) is 6.54 Å². The van der Waals surface area contributed by atoms with Gasteiger partial charge in [0, 0.05) is 10.0 Å². The van der Waals surface area contributed by atoms with Crippen LogP contribution in [0, 0.1) is 6.92 Å². The Labute approximate surface area is 124 Å². The predicted octanol–water partition coefficient (Wildman–Crippen LogP) is 5.00. The first-order valence-electron chi connectivity index (χ1n) is 6.36. The average molecular weight is 294 g/mol. The summed E-state index contributed by atoms with van der Waals surface area (Å²) in [5.74, 6) is 0. The zero-order chi connectivity index (χ0) is 13.8. The van der Waals surface area contributed by atoms with Crippen molar-refractivity contribution in [2.45, 2.75) is 19.9 Å². The van der Waals surface area contributed by atoms with Crippen molar-refractivity contribution in [3.63, 3.8) is 0 Å². The van der Waals surface area contributed by atoms with Crippen molar-refractivity contribution in [2.24, 2.45) is 0 Å². The van der Waals surface area contributed by atoms with Gasteiger partial charge in [0.25, 0.3) is 0 Å². The Bertz CT molecular complexity index is 549. The maximum atomic E-state index is 6.12. The molecule has 1 nitrogen and oxygen atoms in total. The minimum atomic E-state index is 0.140. The van der Waals surface area contributed by atoms with E-state index in [1.165, 1.54) is 16.7 Å². The second-order valence-electron chi connectivity index (χ2n) is 4.54. The van der Waals surface area contributed by atoms with E-state index in [-0.39, 0.29) is 6.04 Å². The number of halogens is 2. The number of hydrogen-bond donors (Lipinski definition) is 1. The molecule has 0 saturated heterocycles. The van der Waals surface area contributed by atoms with E-state index in [9.17, 15) is 0 Å². The summed E-state index contributed by atoms with van der Waals surface area (Å²) in [4.78, 5) is 0. The highest BCUT2D eigenvalue weighted by atomic mass is 35.5.